The van der Waals surface area contributed by atoms with E-state index in [1.165, 1.54) is 0 Å². The van der Waals surface area contributed by atoms with Crippen molar-refractivity contribution in [3.63, 3.8) is 0 Å². The van der Waals surface area contributed by atoms with E-state index in [-0.39, 0.29) is 11.7 Å². The maximum atomic E-state index is 12.1. The van der Waals surface area contributed by atoms with E-state index >= 15 is 0 Å². The summed E-state index contributed by atoms with van der Waals surface area (Å²) in [6.07, 6.45) is 2.47. The number of carbonyl (C=O) groups excluding carboxylic acids is 2. The van der Waals surface area contributed by atoms with Crippen molar-refractivity contribution in [3.8, 4) is 0 Å². The molecule has 0 spiro atoms. The second kappa shape index (κ2) is 5.19. The molecule has 0 saturated carbocycles. The lowest BCUT2D eigenvalue weighted by Gasteiger charge is -2.30. The average Bonchev–Trinajstić information content (AvgIpc) is 2.85. The highest BCUT2D eigenvalue weighted by molar-refractivity contribution is 5.95. The van der Waals surface area contributed by atoms with Crippen LogP contribution in [0.15, 0.2) is 16.5 Å². The van der Waals surface area contributed by atoms with Gasteiger partial charge >= 0.3 is 0 Å². The normalized spacial score (nSPS) is 18.1. The molecule has 1 amide bonds. The lowest BCUT2D eigenvalue weighted by molar-refractivity contribution is -0.138. The van der Waals surface area contributed by atoms with E-state index in [0.29, 0.717) is 19.4 Å². The number of Topliss-reactive ketones (excluding diaryl/α,β-unsaturated/α-hetero) is 1. The van der Waals surface area contributed by atoms with Crippen LogP contribution in [0.5, 0.6) is 0 Å². The molecule has 2 heterocycles. The van der Waals surface area contributed by atoms with E-state index in [2.05, 4.69) is 0 Å². The highest BCUT2D eigenvalue weighted by Crippen LogP contribution is 2.26. The number of hydrogen-bond acceptors (Lipinski definition) is 3. The molecule has 0 unspecified atom stereocenters. The zero-order chi connectivity index (χ0) is 14.0. The number of aryl methyl sites for hydroxylation is 2. The molecule has 4 heteroatoms. The standard InChI is InChI=1S/C15H21NO3/c1-11-7-8-12(19-11)5-4-6-14(18)16-10-9-13(17)15(16,2)3/h7-8H,4-6,9-10H2,1-3H3. The zero-order valence-electron chi connectivity index (χ0n) is 11.9. The van der Waals surface area contributed by atoms with Gasteiger partial charge < -0.3 is 9.32 Å². The molecule has 1 aromatic heterocycles. The largest absolute Gasteiger partial charge is 0.466 e. The van der Waals surface area contributed by atoms with Crippen LogP contribution in [-0.4, -0.2) is 28.7 Å². The number of likely N-dealkylation sites (tertiary alicyclic amines) is 1. The molecule has 4 nitrogen and oxygen atoms in total. The van der Waals surface area contributed by atoms with Gasteiger partial charge in [0.2, 0.25) is 5.91 Å². The predicted molar refractivity (Wildman–Crippen MR) is 71.8 cm³/mol. The summed E-state index contributed by atoms with van der Waals surface area (Å²) in [5, 5.41) is 0. The van der Waals surface area contributed by atoms with Crippen LogP contribution in [0.4, 0.5) is 0 Å². The van der Waals surface area contributed by atoms with Crippen molar-refractivity contribution in [2.24, 2.45) is 0 Å². The molecule has 1 aliphatic heterocycles. The van der Waals surface area contributed by atoms with Gasteiger partial charge in [-0.3, -0.25) is 9.59 Å². The van der Waals surface area contributed by atoms with Crippen LogP contribution in [-0.2, 0) is 16.0 Å². The number of amides is 1. The van der Waals surface area contributed by atoms with Gasteiger partial charge in [0.1, 0.15) is 11.5 Å². The summed E-state index contributed by atoms with van der Waals surface area (Å²) in [5.74, 6) is 2.04. The van der Waals surface area contributed by atoms with Crippen molar-refractivity contribution in [2.45, 2.75) is 52.0 Å². The lowest BCUT2D eigenvalue weighted by atomic mass is 10.00. The fourth-order valence-corrected chi connectivity index (χ4v) is 2.55. The minimum absolute atomic E-state index is 0.0686. The molecule has 1 aliphatic rings. The quantitative estimate of drug-likeness (QED) is 0.838. The number of rotatable bonds is 4. The molecule has 0 aromatic carbocycles. The third kappa shape index (κ3) is 2.88. The SMILES string of the molecule is Cc1ccc(CCCC(=O)N2CCC(=O)C2(C)C)o1. The lowest BCUT2D eigenvalue weighted by Crippen LogP contribution is -2.46. The number of ketones is 1. The minimum atomic E-state index is -0.627. The number of nitrogens with zero attached hydrogens (tertiary/aromatic N) is 1. The molecule has 19 heavy (non-hydrogen) atoms. The third-order valence-electron chi connectivity index (χ3n) is 3.83. The molecule has 1 fully saturated rings. The van der Waals surface area contributed by atoms with Gasteiger partial charge in [-0.25, -0.2) is 0 Å². The van der Waals surface area contributed by atoms with Gasteiger partial charge in [-0.1, -0.05) is 0 Å². The van der Waals surface area contributed by atoms with Crippen LogP contribution >= 0.6 is 0 Å². The summed E-state index contributed by atoms with van der Waals surface area (Å²) in [6.45, 7) is 6.13. The Morgan fingerprint density at radius 1 is 1.42 bits per heavy atom. The topological polar surface area (TPSA) is 50.5 Å². The Kier molecular flexibility index (Phi) is 3.78. The smallest absolute Gasteiger partial charge is 0.223 e. The fraction of sp³-hybridized carbons (Fsp3) is 0.600. The third-order valence-corrected chi connectivity index (χ3v) is 3.83. The van der Waals surface area contributed by atoms with E-state index in [4.69, 9.17) is 4.42 Å². The molecule has 2 rings (SSSR count). The Balaban J connectivity index is 1.83. The van der Waals surface area contributed by atoms with Gasteiger partial charge in [0, 0.05) is 25.8 Å². The Labute approximate surface area is 113 Å². The van der Waals surface area contributed by atoms with Crippen LogP contribution < -0.4 is 0 Å². The first-order valence-corrected chi connectivity index (χ1v) is 6.80. The van der Waals surface area contributed by atoms with Crippen LogP contribution in [0.25, 0.3) is 0 Å². The Hall–Kier alpha value is -1.58. The molecule has 104 valence electrons. The van der Waals surface area contributed by atoms with E-state index in [1.54, 1.807) is 4.90 Å². The van der Waals surface area contributed by atoms with Gasteiger partial charge in [0.25, 0.3) is 0 Å². The summed E-state index contributed by atoms with van der Waals surface area (Å²) in [4.78, 5) is 25.6. The fourth-order valence-electron chi connectivity index (χ4n) is 2.55. The second-order valence-corrected chi connectivity index (χ2v) is 5.64. The maximum Gasteiger partial charge on any atom is 0.223 e. The molecular weight excluding hydrogens is 242 g/mol. The first-order chi connectivity index (χ1) is 8.91. The van der Waals surface area contributed by atoms with Crippen LogP contribution in [0, 0.1) is 6.92 Å². The van der Waals surface area contributed by atoms with Crippen molar-refractivity contribution >= 4 is 11.7 Å². The van der Waals surface area contributed by atoms with Crippen LogP contribution in [0.1, 0.15) is 44.6 Å². The van der Waals surface area contributed by atoms with Crippen molar-refractivity contribution in [1.29, 1.82) is 0 Å². The van der Waals surface area contributed by atoms with Crippen molar-refractivity contribution in [1.82, 2.24) is 4.90 Å². The molecule has 0 bridgehead atoms. The van der Waals surface area contributed by atoms with Gasteiger partial charge in [-0.2, -0.15) is 0 Å². The maximum absolute atomic E-state index is 12.1. The summed E-state index contributed by atoms with van der Waals surface area (Å²) >= 11 is 0. The minimum Gasteiger partial charge on any atom is -0.466 e. The first-order valence-electron chi connectivity index (χ1n) is 6.80. The number of furan rings is 1. The predicted octanol–water partition coefficient (Wildman–Crippen LogP) is 2.49. The first kappa shape index (κ1) is 13.8. The van der Waals surface area contributed by atoms with Crippen molar-refractivity contribution in [3.05, 3.63) is 23.7 Å². The summed E-state index contributed by atoms with van der Waals surface area (Å²) in [6, 6.07) is 3.88. The van der Waals surface area contributed by atoms with Crippen molar-refractivity contribution < 1.29 is 14.0 Å². The van der Waals surface area contributed by atoms with Gasteiger partial charge in [0.15, 0.2) is 5.78 Å². The summed E-state index contributed by atoms with van der Waals surface area (Å²) < 4.78 is 5.47. The average molecular weight is 263 g/mol. The summed E-state index contributed by atoms with van der Waals surface area (Å²) in [7, 11) is 0. The Morgan fingerprint density at radius 3 is 2.68 bits per heavy atom. The molecule has 1 saturated heterocycles. The summed E-state index contributed by atoms with van der Waals surface area (Å²) in [5.41, 5.74) is -0.627. The van der Waals surface area contributed by atoms with E-state index in [0.717, 1.165) is 24.4 Å². The highest BCUT2D eigenvalue weighted by atomic mass is 16.3. The number of carbonyl (C=O) groups is 2. The zero-order valence-corrected chi connectivity index (χ0v) is 11.9. The molecular formula is C15H21NO3. The van der Waals surface area contributed by atoms with E-state index < -0.39 is 5.54 Å². The molecule has 0 aliphatic carbocycles. The van der Waals surface area contributed by atoms with Gasteiger partial charge in [-0.15, -0.1) is 0 Å². The monoisotopic (exact) mass is 263 g/mol. The number of hydrogen-bond donors (Lipinski definition) is 0. The molecule has 0 radical (unpaired) electrons. The van der Waals surface area contributed by atoms with Crippen molar-refractivity contribution in [2.75, 3.05) is 6.54 Å². The van der Waals surface area contributed by atoms with E-state index in [1.807, 2.05) is 32.9 Å². The Morgan fingerprint density at radius 2 is 2.16 bits per heavy atom. The van der Waals surface area contributed by atoms with Crippen LogP contribution in [0.2, 0.25) is 0 Å². The Bertz CT molecular complexity index is 487. The van der Waals surface area contributed by atoms with Gasteiger partial charge in [-0.05, 0) is 39.3 Å². The van der Waals surface area contributed by atoms with E-state index in [9.17, 15) is 9.59 Å². The second-order valence-electron chi connectivity index (χ2n) is 5.64. The van der Waals surface area contributed by atoms with Crippen LogP contribution in [0.3, 0.4) is 0 Å². The highest BCUT2D eigenvalue weighted by Gasteiger charge is 2.42. The molecule has 0 atom stereocenters. The van der Waals surface area contributed by atoms with Gasteiger partial charge in [0.05, 0.1) is 5.54 Å². The molecule has 1 aromatic rings. The molecule has 0 N–H and O–H groups in total.